The zero-order valence-electron chi connectivity index (χ0n) is 15.4. The topological polar surface area (TPSA) is 105 Å². The van der Waals surface area contributed by atoms with Crippen LogP contribution in [-0.4, -0.2) is 30.8 Å². The third kappa shape index (κ3) is 4.01. The highest BCUT2D eigenvalue weighted by molar-refractivity contribution is 7.18. The molecule has 1 saturated carbocycles. The van der Waals surface area contributed by atoms with Gasteiger partial charge in [0.15, 0.2) is 0 Å². The van der Waals surface area contributed by atoms with Gasteiger partial charge in [0.05, 0.1) is 21.3 Å². The van der Waals surface area contributed by atoms with Crippen molar-refractivity contribution in [2.24, 2.45) is 11.7 Å². The summed E-state index contributed by atoms with van der Waals surface area (Å²) >= 11 is 1.23. The van der Waals surface area contributed by atoms with Gasteiger partial charge in [-0.3, -0.25) is 14.4 Å². The third-order valence-corrected chi connectivity index (χ3v) is 6.00. The molecule has 2 aliphatic rings. The number of primary amides is 1. The third-order valence-electron chi connectivity index (χ3n) is 5.00. The average molecular weight is 398 g/mol. The van der Waals surface area contributed by atoms with Crippen molar-refractivity contribution < 1.29 is 14.4 Å². The number of benzene rings is 1. The highest BCUT2D eigenvalue weighted by atomic mass is 32.1. The van der Waals surface area contributed by atoms with Crippen LogP contribution in [0.1, 0.15) is 45.7 Å². The molecule has 28 heavy (non-hydrogen) atoms. The lowest BCUT2D eigenvalue weighted by atomic mass is 10.1. The standard InChI is InChI=1S/C20H22N4O3S/c21-18(25)13-5-6-15(24-9-1-2-10-24)14(11-13)22-20(27)16-7-8-17(28-16)23-19(26)12-3-4-12/h5-8,11-12H,1-4,9-10H2,(H2,21,25)(H,22,27)(H,23,26). The number of nitrogens with zero attached hydrogens (tertiary/aromatic N) is 1. The van der Waals surface area contributed by atoms with Crippen LogP contribution in [0, 0.1) is 5.92 Å². The van der Waals surface area contributed by atoms with E-state index in [4.69, 9.17) is 5.73 Å². The van der Waals surface area contributed by atoms with Crippen LogP contribution in [0.2, 0.25) is 0 Å². The molecule has 1 aromatic heterocycles. The molecule has 0 spiro atoms. The minimum Gasteiger partial charge on any atom is -0.370 e. The van der Waals surface area contributed by atoms with E-state index in [9.17, 15) is 14.4 Å². The second kappa shape index (κ2) is 7.63. The zero-order valence-corrected chi connectivity index (χ0v) is 16.2. The summed E-state index contributed by atoms with van der Waals surface area (Å²) in [4.78, 5) is 38.9. The first-order valence-corrected chi connectivity index (χ1v) is 10.2. The minimum absolute atomic E-state index is 0.0132. The average Bonchev–Trinajstić information content (AvgIpc) is 3.19. The van der Waals surface area contributed by atoms with Crippen molar-refractivity contribution in [3.8, 4) is 0 Å². The number of nitrogens with two attached hydrogens (primary N) is 1. The van der Waals surface area contributed by atoms with Gasteiger partial charge in [0.25, 0.3) is 5.91 Å². The van der Waals surface area contributed by atoms with Gasteiger partial charge in [-0.05, 0) is 56.0 Å². The second-order valence-corrected chi connectivity index (χ2v) is 8.26. The van der Waals surface area contributed by atoms with Crippen molar-refractivity contribution in [1.82, 2.24) is 0 Å². The van der Waals surface area contributed by atoms with Crippen LogP contribution in [0.5, 0.6) is 0 Å². The molecule has 1 saturated heterocycles. The van der Waals surface area contributed by atoms with Crippen LogP contribution in [-0.2, 0) is 4.79 Å². The maximum atomic E-state index is 12.8. The fraction of sp³-hybridized carbons (Fsp3) is 0.350. The molecule has 8 heteroatoms. The molecule has 7 nitrogen and oxygen atoms in total. The number of rotatable bonds is 6. The first kappa shape index (κ1) is 18.5. The Morgan fingerprint density at radius 2 is 1.79 bits per heavy atom. The number of hydrogen-bond donors (Lipinski definition) is 3. The van der Waals surface area contributed by atoms with E-state index >= 15 is 0 Å². The first-order chi connectivity index (χ1) is 13.5. The predicted octanol–water partition coefficient (Wildman–Crippen LogP) is 3.05. The molecule has 0 bridgehead atoms. The van der Waals surface area contributed by atoms with Gasteiger partial charge in [0.1, 0.15) is 0 Å². The van der Waals surface area contributed by atoms with Gasteiger partial charge in [-0.15, -0.1) is 11.3 Å². The quantitative estimate of drug-likeness (QED) is 0.695. The van der Waals surface area contributed by atoms with Gasteiger partial charge < -0.3 is 21.3 Å². The summed E-state index contributed by atoms with van der Waals surface area (Å²) in [7, 11) is 0. The minimum atomic E-state index is -0.537. The van der Waals surface area contributed by atoms with Crippen LogP contribution in [0.15, 0.2) is 30.3 Å². The number of amides is 3. The normalized spacial score (nSPS) is 16.1. The van der Waals surface area contributed by atoms with Gasteiger partial charge in [0.2, 0.25) is 11.8 Å². The van der Waals surface area contributed by atoms with Crippen molar-refractivity contribution in [2.75, 3.05) is 28.6 Å². The molecule has 2 heterocycles. The summed E-state index contributed by atoms with van der Waals surface area (Å²) in [6.07, 6.45) is 4.06. The molecular formula is C20H22N4O3S. The number of anilines is 3. The lowest BCUT2D eigenvalue weighted by Gasteiger charge is -2.22. The maximum absolute atomic E-state index is 12.8. The summed E-state index contributed by atoms with van der Waals surface area (Å²) in [5, 5.41) is 6.42. The summed E-state index contributed by atoms with van der Waals surface area (Å²) < 4.78 is 0. The first-order valence-electron chi connectivity index (χ1n) is 9.42. The van der Waals surface area contributed by atoms with E-state index in [-0.39, 0.29) is 17.7 Å². The van der Waals surface area contributed by atoms with Crippen molar-refractivity contribution in [3.63, 3.8) is 0 Å². The van der Waals surface area contributed by atoms with Crippen LogP contribution in [0.3, 0.4) is 0 Å². The Kier molecular flexibility index (Phi) is 5.04. The van der Waals surface area contributed by atoms with E-state index in [0.717, 1.165) is 44.5 Å². The smallest absolute Gasteiger partial charge is 0.265 e. The molecule has 4 N–H and O–H groups in total. The number of carbonyl (C=O) groups is 3. The van der Waals surface area contributed by atoms with Crippen LogP contribution >= 0.6 is 11.3 Å². The Bertz CT molecular complexity index is 929. The van der Waals surface area contributed by atoms with Gasteiger partial charge in [-0.2, -0.15) is 0 Å². The summed E-state index contributed by atoms with van der Waals surface area (Å²) in [6, 6.07) is 8.56. The van der Waals surface area contributed by atoms with Gasteiger partial charge >= 0.3 is 0 Å². The summed E-state index contributed by atoms with van der Waals surface area (Å²) in [5.74, 6) is -0.693. The monoisotopic (exact) mass is 398 g/mol. The van der Waals surface area contributed by atoms with Crippen molar-refractivity contribution in [1.29, 1.82) is 0 Å². The van der Waals surface area contributed by atoms with Gasteiger partial charge in [-0.1, -0.05) is 0 Å². The van der Waals surface area contributed by atoms with Crippen LogP contribution in [0.4, 0.5) is 16.4 Å². The van der Waals surface area contributed by atoms with E-state index < -0.39 is 5.91 Å². The Labute approximate surface area is 166 Å². The second-order valence-electron chi connectivity index (χ2n) is 7.17. The molecule has 1 aromatic carbocycles. The number of nitrogens with one attached hydrogen (secondary N) is 2. The van der Waals surface area contributed by atoms with Crippen LogP contribution in [0.25, 0.3) is 0 Å². The molecule has 0 unspecified atom stereocenters. The lowest BCUT2D eigenvalue weighted by molar-refractivity contribution is -0.117. The van der Waals surface area contributed by atoms with Gasteiger partial charge in [-0.25, -0.2) is 0 Å². The number of thiophene rings is 1. The van der Waals surface area contributed by atoms with E-state index in [1.54, 1.807) is 24.3 Å². The Hall–Kier alpha value is -2.87. The number of hydrogen-bond acceptors (Lipinski definition) is 5. The molecule has 0 atom stereocenters. The maximum Gasteiger partial charge on any atom is 0.265 e. The summed E-state index contributed by atoms with van der Waals surface area (Å²) in [6.45, 7) is 1.82. The van der Waals surface area contributed by atoms with Crippen molar-refractivity contribution >= 4 is 45.4 Å². The fourth-order valence-electron chi connectivity index (χ4n) is 3.30. The van der Waals surface area contributed by atoms with Crippen LogP contribution < -0.4 is 21.3 Å². The SMILES string of the molecule is NC(=O)c1ccc(N2CCCC2)c(NC(=O)c2ccc(NC(=O)C3CC3)s2)c1. The van der Waals surface area contributed by atoms with Crippen molar-refractivity contribution in [2.45, 2.75) is 25.7 Å². The highest BCUT2D eigenvalue weighted by Crippen LogP contribution is 2.33. The molecule has 4 rings (SSSR count). The molecule has 0 radical (unpaired) electrons. The van der Waals surface area contributed by atoms with E-state index in [1.165, 1.54) is 11.3 Å². The van der Waals surface area contributed by atoms with E-state index in [1.807, 2.05) is 6.07 Å². The Balaban J connectivity index is 1.52. The highest BCUT2D eigenvalue weighted by Gasteiger charge is 2.30. The molecule has 146 valence electrons. The van der Waals surface area contributed by atoms with Gasteiger partial charge in [0, 0.05) is 24.6 Å². The Morgan fingerprint density at radius 1 is 1.04 bits per heavy atom. The lowest BCUT2D eigenvalue weighted by Crippen LogP contribution is -2.22. The molecular weight excluding hydrogens is 376 g/mol. The molecule has 1 aliphatic carbocycles. The van der Waals surface area contributed by atoms with Crippen molar-refractivity contribution in [3.05, 3.63) is 40.8 Å². The molecule has 3 amide bonds. The number of carbonyl (C=O) groups excluding carboxylic acids is 3. The van der Waals surface area contributed by atoms with E-state index in [2.05, 4.69) is 15.5 Å². The molecule has 2 aromatic rings. The fourth-order valence-corrected chi connectivity index (χ4v) is 4.11. The predicted molar refractivity (Wildman–Crippen MR) is 110 cm³/mol. The largest absolute Gasteiger partial charge is 0.370 e. The Morgan fingerprint density at radius 3 is 2.46 bits per heavy atom. The molecule has 1 aliphatic heterocycles. The summed E-state index contributed by atoms with van der Waals surface area (Å²) in [5.41, 5.74) is 7.21. The molecule has 2 fully saturated rings. The zero-order chi connectivity index (χ0) is 19.7. The van der Waals surface area contributed by atoms with E-state index in [0.29, 0.717) is 21.1 Å².